The molecule has 0 aromatic heterocycles. The Bertz CT molecular complexity index is 388. The summed E-state index contributed by atoms with van der Waals surface area (Å²) in [5, 5.41) is 0. The zero-order valence-electron chi connectivity index (χ0n) is 11.3. The van der Waals surface area contributed by atoms with E-state index in [2.05, 4.69) is 5.48 Å². The Labute approximate surface area is 114 Å². The molecule has 0 radical (unpaired) electrons. The first-order valence-electron chi connectivity index (χ1n) is 6.96. The number of amides is 1. The Morgan fingerprint density at radius 1 is 1.32 bits per heavy atom. The van der Waals surface area contributed by atoms with Crippen LogP contribution >= 0.6 is 0 Å². The molecule has 0 heterocycles. The van der Waals surface area contributed by atoms with Crippen LogP contribution in [0.25, 0.3) is 0 Å². The molecular weight excluding hydrogens is 242 g/mol. The van der Waals surface area contributed by atoms with E-state index >= 15 is 0 Å². The smallest absolute Gasteiger partial charge is 0.284 e. The molecule has 1 aliphatic carbocycles. The molecule has 1 fully saturated rings. The fourth-order valence-electron chi connectivity index (χ4n) is 2.20. The van der Waals surface area contributed by atoms with Gasteiger partial charge in [0.15, 0.2) is 6.10 Å². The summed E-state index contributed by atoms with van der Waals surface area (Å²) >= 11 is 0. The van der Waals surface area contributed by atoms with Crippen LogP contribution in [0.1, 0.15) is 39.0 Å². The summed E-state index contributed by atoms with van der Waals surface area (Å²) in [5.41, 5.74) is 2.53. The summed E-state index contributed by atoms with van der Waals surface area (Å²) in [6, 6.07) is 9.36. The van der Waals surface area contributed by atoms with Gasteiger partial charge in [-0.15, -0.1) is 0 Å². The van der Waals surface area contributed by atoms with Crippen molar-refractivity contribution in [2.75, 3.05) is 0 Å². The van der Waals surface area contributed by atoms with Gasteiger partial charge in [0.25, 0.3) is 5.91 Å². The van der Waals surface area contributed by atoms with Gasteiger partial charge < -0.3 is 4.74 Å². The molecule has 0 spiro atoms. The van der Waals surface area contributed by atoms with Gasteiger partial charge in [0, 0.05) is 0 Å². The number of hydrogen-bond donors (Lipinski definition) is 1. The minimum absolute atomic E-state index is 0.165. The monoisotopic (exact) mass is 263 g/mol. The standard InChI is InChI=1S/C15H21NO3/c1-2-14(18-12-8-4-3-5-9-12)15(17)16-19-13-10-6-7-11-13/h3-5,8-9,13-14H,2,6-7,10-11H2,1H3,(H,16,17). The maximum atomic E-state index is 12.0. The molecule has 0 bridgehead atoms. The summed E-state index contributed by atoms with van der Waals surface area (Å²) in [7, 11) is 0. The van der Waals surface area contributed by atoms with E-state index in [9.17, 15) is 4.79 Å². The number of hydrogen-bond acceptors (Lipinski definition) is 3. The summed E-state index contributed by atoms with van der Waals surface area (Å²) in [6.07, 6.45) is 4.67. The van der Waals surface area contributed by atoms with Crippen molar-refractivity contribution in [1.82, 2.24) is 5.48 Å². The molecular formula is C15H21NO3. The van der Waals surface area contributed by atoms with Crippen LogP contribution in [-0.4, -0.2) is 18.1 Å². The van der Waals surface area contributed by atoms with E-state index in [4.69, 9.17) is 9.57 Å². The average molecular weight is 263 g/mol. The Balaban J connectivity index is 1.81. The zero-order valence-corrected chi connectivity index (χ0v) is 11.3. The largest absolute Gasteiger partial charge is 0.481 e. The highest BCUT2D eigenvalue weighted by Gasteiger charge is 2.21. The minimum Gasteiger partial charge on any atom is -0.481 e. The van der Waals surface area contributed by atoms with Crippen molar-refractivity contribution in [3.05, 3.63) is 30.3 Å². The maximum absolute atomic E-state index is 12.0. The molecule has 104 valence electrons. The van der Waals surface area contributed by atoms with Gasteiger partial charge in [-0.25, -0.2) is 5.48 Å². The first-order valence-corrected chi connectivity index (χ1v) is 6.96. The highest BCUT2D eigenvalue weighted by molar-refractivity contribution is 5.80. The number of benzene rings is 1. The quantitative estimate of drug-likeness (QED) is 0.803. The Morgan fingerprint density at radius 3 is 2.63 bits per heavy atom. The highest BCUT2D eigenvalue weighted by atomic mass is 16.7. The Morgan fingerprint density at radius 2 is 2.00 bits per heavy atom. The SMILES string of the molecule is CCC(Oc1ccccc1)C(=O)NOC1CCCC1. The summed E-state index contributed by atoms with van der Waals surface area (Å²) in [5.74, 6) is 0.489. The van der Waals surface area contributed by atoms with Gasteiger partial charge in [-0.05, 0) is 31.4 Å². The van der Waals surface area contributed by atoms with Gasteiger partial charge in [0.1, 0.15) is 5.75 Å². The predicted molar refractivity (Wildman–Crippen MR) is 72.6 cm³/mol. The summed E-state index contributed by atoms with van der Waals surface area (Å²) in [6.45, 7) is 1.92. The van der Waals surface area contributed by atoms with Gasteiger partial charge in [-0.2, -0.15) is 0 Å². The van der Waals surface area contributed by atoms with Crippen LogP contribution in [0.4, 0.5) is 0 Å². The fourth-order valence-corrected chi connectivity index (χ4v) is 2.20. The van der Waals surface area contributed by atoms with Gasteiger partial charge in [0.2, 0.25) is 0 Å². The van der Waals surface area contributed by atoms with Crippen molar-refractivity contribution in [3.63, 3.8) is 0 Å². The van der Waals surface area contributed by atoms with Crippen molar-refractivity contribution < 1.29 is 14.4 Å². The lowest BCUT2D eigenvalue weighted by Gasteiger charge is -2.18. The van der Waals surface area contributed by atoms with E-state index < -0.39 is 6.10 Å². The molecule has 1 amide bonds. The molecule has 4 heteroatoms. The molecule has 2 rings (SSSR count). The molecule has 0 aliphatic heterocycles. The van der Waals surface area contributed by atoms with Crippen LogP contribution < -0.4 is 10.2 Å². The lowest BCUT2D eigenvalue weighted by atomic mass is 10.2. The lowest BCUT2D eigenvalue weighted by Crippen LogP contribution is -2.39. The van der Waals surface area contributed by atoms with Gasteiger partial charge in [-0.1, -0.05) is 38.0 Å². The van der Waals surface area contributed by atoms with Crippen LogP contribution in [0.5, 0.6) is 5.75 Å². The molecule has 1 saturated carbocycles. The van der Waals surface area contributed by atoms with E-state index in [0.717, 1.165) is 12.8 Å². The van der Waals surface area contributed by atoms with Crippen LogP contribution in [0.3, 0.4) is 0 Å². The maximum Gasteiger partial charge on any atom is 0.284 e. The van der Waals surface area contributed by atoms with E-state index in [1.54, 1.807) is 0 Å². The Kier molecular flexibility index (Phi) is 5.21. The molecule has 1 aromatic carbocycles. The zero-order chi connectivity index (χ0) is 13.5. The molecule has 1 unspecified atom stereocenters. The molecule has 4 nitrogen and oxygen atoms in total. The minimum atomic E-state index is -0.510. The first kappa shape index (κ1) is 13.9. The lowest BCUT2D eigenvalue weighted by molar-refractivity contribution is -0.145. The molecule has 1 atom stereocenters. The third kappa shape index (κ3) is 4.24. The van der Waals surface area contributed by atoms with E-state index in [0.29, 0.717) is 12.2 Å². The van der Waals surface area contributed by atoms with Crippen molar-refractivity contribution in [3.8, 4) is 5.75 Å². The molecule has 0 saturated heterocycles. The van der Waals surface area contributed by atoms with Crippen molar-refractivity contribution >= 4 is 5.91 Å². The Hall–Kier alpha value is -1.55. The predicted octanol–water partition coefficient (Wildman–Crippen LogP) is 2.83. The second-order valence-electron chi connectivity index (χ2n) is 4.82. The molecule has 1 aromatic rings. The fraction of sp³-hybridized carbons (Fsp3) is 0.533. The topological polar surface area (TPSA) is 47.6 Å². The van der Waals surface area contributed by atoms with Crippen LogP contribution in [0.15, 0.2) is 30.3 Å². The first-order chi connectivity index (χ1) is 9.29. The molecule has 19 heavy (non-hydrogen) atoms. The van der Waals surface area contributed by atoms with Gasteiger partial charge in [-0.3, -0.25) is 9.63 Å². The summed E-state index contributed by atoms with van der Waals surface area (Å²) < 4.78 is 5.65. The van der Waals surface area contributed by atoms with E-state index in [1.165, 1.54) is 12.8 Å². The normalized spacial score (nSPS) is 17.1. The summed E-state index contributed by atoms with van der Waals surface area (Å²) in [4.78, 5) is 17.4. The number of para-hydroxylation sites is 1. The number of carbonyl (C=O) groups excluding carboxylic acids is 1. The van der Waals surface area contributed by atoms with Gasteiger partial charge in [0.05, 0.1) is 6.10 Å². The van der Waals surface area contributed by atoms with E-state index in [1.807, 2.05) is 37.3 Å². The number of carbonyl (C=O) groups is 1. The van der Waals surface area contributed by atoms with Crippen LogP contribution in [-0.2, 0) is 9.63 Å². The number of hydroxylamine groups is 1. The van der Waals surface area contributed by atoms with Crippen molar-refractivity contribution in [2.24, 2.45) is 0 Å². The number of rotatable bonds is 6. The van der Waals surface area contributed by atoms with E-state index in [-0.39, 0.29) is 12.0 Å². The van der Waals surface area contributed by atoms with Gasteiger partial charge >= 0.3 is 0 Å². The molecule has 1 aliphatic rings. The van der Waals surface area contributed by atoms with Crippen LogP contribution in [0.2, 0.25) is 0 Å². The second-order valence-corrected chi connectivity index (χ2v) is 4.82. The van der Waals surface area contributed by atoms with Crippen molar-refractivity contribution in [1.29, 1.82) is 0 Å². The third-order valence-corrected chi connectivity index (χ3v) is 3.31. The third-order valence-electron chi connectivity index (χ3n) is 3.31. The number of nitrogens with one attached hydrogen (secondary N) is 1. The van der Waals surface area contributed by atoms with Crippen molar-refractivity contribution in [2.45, 2.75) is 51.2 Å². The highest BCUT2D eigenvalue weighted by Crippen LogP contribution is 2.20. The second kappa shape index (κ2) is 7.14. The average Bonchev–Trinajstić information content (AvgIpc) is 2.96. The number of ether oxygens (including phenoxy) is 1. The van der Waals surface area contributed by atoms with Crippen LogP contribution in [0, 0.1) is 0 Å². The molecule has 1 N–H and O–H groups in total.